The van der Waals surface area contributed by atoms with Gasteiger partial charge in [-0.3, -0.25) is 4.79 Å². The van der Waals surface area contributed by atoms with Gasteiger partial charge in [-0.15, -0.1) is 0 Å². The molecular formula is C14H16FN5O. The number of halogens is 1. The maximum atomic E-state index is 13.5. The minimum absolute atomic E-state index is 0.219. The lowest BCUT2D eigenvalue weighted by Crippen LogP contribution is -2.15. The number of nitrogens with two attached hydrogens (primary N) is 1. The molecule has 0 aliphatic heterocycles. The fourth-order valence-electron chi connectivity index (χ4n) is 1.72. The Balaban J connectivity index is 2.06. The molecule has 0 radical (unpaired) electrons. The molecule has 0 atom stereocenters. The van der Waals surface area contributed by atoms with Crippen LogP contribution in [-0.2, 0) is 6.54 Å². The summed E-state index contributed by atoms with van der Waals surface area (Å²) in [7, 11) is 3.41. The van der Waals surface area contributed by atoms with Crippen molar-refractivity contribution in [3.63, 3.8) is 0 Å². The lowest BCUT2D eigenvalue weighted by molar-refractivity contribution is 0.100. The first-order valence-electron chi connectivity index (χ1n) is 6.30. The molecule has 0 aliphatic rings. The van der Waals surface area contributed by atoms with Crippen LogP contribution in [0.3, 0.4) is 0 Å². The molecular weight excluding hydrogens is 273 g/mol. The van der Waals surface area contributed by atoms with Gasteiger partial charge in [0, 0.05) is 26.2 Å². The Bertz CT molecular complexity index is 642. The average Bonchev–Trinajstić information content (AvgIpc) is 2.46. The molecule has 2 rings (SSSR count). The second-order valence-corrected chi connectivity index (χ2v) is 4.67. The van der Waals surface area contributed by atoms with Crippen molar-refractivity contribution in [1.29, 1.82) is 0 Å². The smallest absolute Gasteiger partial charge is 0.248 e. The Morgan fingerprint density at radius 2 is 2.00 bits per heavy atom. The Morgan fingerprint density at radius 1 is 1.33 bits per heavy atom. The van der Waals surface area contributed by atoms with Crippen molar-refractivity contribution in [2.75, 3.05) is 24.3 Å². The molecule has 1 heterocycles. The molecule has 0 fully saturated rings. The van der Waals surface area contributed by atoms with Crippen molar-refractivity contribution in [1.82, 2.24) is 9.97 Å². The minimum Gasteiger partial charge on any atom is -0.366 e. The quantitative estimate of drug-likeness (QED) is 0.869. The van der Waals surface area contributed by atoms with Gasteiger partial charge in [0.05, 0.1) is 6.20 Å². The molecule has 3 N–H and O–H groups in total. The van der Waals surface area contributed by atoms with Crippen molar-refractivity contribution >= 4 is 17.7 Å². The molecule has 7 heteroatoms. The van der Waals surface area contributed by atoms with Crippen LogP contribution in [0.15, 0.2) is 30.5 Å². The van der Waals surface area contributed by atoms with E-state index in [1.54, 1.807) is 43.3 Å². The summed E-state index contributed by atoms with van der Waals surface area (Å²) in [4.78, 5) is 20.5. The van der Waals surface area contributed by atoms with Crippen LogP contribution in [0.2, 0.25) is 0 Å². The SMILES string of the molecule is CN(C)c1nc(NCc2ccc(C(N)=O)cc2)ncc1F. The summed E-state index contributed by atoms with van der Waals surface area (Å²) < 4.78 is 13.5. The van der Waals surface area contributed by atoms with Gasteiger partial charge in [-0.1, -0.05) is 12.1 Å². The molecule has 1 aromatic heterocycles. The summed E-state index contributed by atoms with van der Waals surface area (Å²) in [5.41, 5.74) is 6.55. The molecule has 1 amide bonds. The number of primary amides is 1. The van der Waals surface area contributed by atoms with E-state index in [2.05, 4.69) is 15.3 Å². The van der Waals surface area contributed by atoms with Gasteiger partial charge in [0.1, 0.15) is 0 Å². The highest BCUT2D eigenvalue weighted by Gasteiger charge is 2.08. The van der Waals surface area contributed by atoms with Crippen LogP contribution in [0.25, 0.3) is 0 Å². The zero-order valence-corrected chi connectivity index (χ0v) is 11.8. The first-order chi connectivity index (χ1) is 9.97. The van der Waals surface area contributed by atoms with Crippen molar-refractivity contribution in [3.8, 4) is 0 Å². The monoisotopic (exact) mass is 289 g/mol. The fraction of sp³-hybridized carbons (Fsp3) is 0.214. The minimum atomic E-state index is -0.476. The number of rotatable bonds is 5. The van der Waals surface area contributed by atoms with Crippen LogP contribution in [0.4, 0.5) is 16.2 Å². The van der Waals surface area contributed by atoms with Crippen molar-refractivity contribution < 1.29 is 9.18 Å². The summed E-state index contributed by atoms with van der Waals surface area (Å²) in [6.45, 7) is 0.456. The van der Waals surface area contributed by atoms with Gasteiger partial charge in [-0.05, 0) is 17.7 Å². The Hall–Kier alpha value is -2.70. The fourth-order valence-corrected chi connectivity index (χ4v) is 1.72. The van der Waals surface area contributed by atoms with Crippen molar-refractivity contribution in [2.24, 2.45) is 5.73 Å². The molecule has 0 unspecified atom stereocenters. The van der Waals surface area contributed by atoms with Crippen LogP contribution in [0.5, 0.6) is 0 Å². The van der Waals surface area contributed by atoms with Gasteiger partial charge in [0.2, 0.25) is 11.9 Å². The van der Waals surface area contributed by atoms with Crippen LogP contribution in [0.1, 0.15) is 15.9 Å². The highest BCUT2D eigenvalue weighted by atomic mass is 19.1. The van der Waals surface area contributed by atoms with E-state index in [4.69, 9.17) is 5.73 Å². The van der Waals surface area contributed by atoms with E-state index >= 15 is 0 Å². The maximum absolute atomic E-state index is 13.5. The highest BCUT2D eigenvalue weighted by molar-refractivity contribution is 5.92. The first-order valence-corrected chi connectivity index (χ1v) is 6.30. The number of carbonyl (C=O) groups excluding carboxylic acids is 1. The summed E-state index contributed by atoms with van der Waals surface area (Å²) in [5, 5.41) is 3.00. The molecule has 0 bridgehead atoms. The van der Waals surface area contributed by atoms with Gasteiger partial charge >= 0.3 is 0 Å². The standard InChI is InChI=1S/C14H16FN5O/c1-20(2)13-11(15)8-18-14(19-13)17-7-9-3-5-10(6-4-9)12(16)21/h3-6,8H,7H2,1-2H3,(H2,16,21)(H,17,18,19). The van der Waals surface area contributed by atoms with Crippen LogP contribution >= 0.6 is 0 Å². The zero-order chi connectivity index (χ0) is 15.4. The number of hydrogen-bond donors (Lipinski definition) is 2. The second-order valence-electron chi connectivity index (χ2n) is 4.67. The third kappa shape index (κ3) is 3.65. The number of amides is 1. The van der Waals surface area contributed by atoms with Crippen LogP contribution < -0.4 is 16.0 Å². The number of benzene rings is 1. The normalized spacial score (nSPS) is 10.2. The van der Waals surface area contributed by atoms with Crippen LogP contribution in [-0.4, -0.2) is 30.0 Å². The van der Waals surface area contributed by atoms with Gasteiger partial charge < -0.3 is 16.0 Å². The molecule has 110 valence electrons. The van der Waals surface area contributed by atoms with E-state index in [9.17, 15) is 9.18 Å². The van der Waals surface area contributed by atoms with Gasteiger partial charge in [-0.2, -0.15) is 4.98 Å². The predicted octanol–water partition coefficient (Wildman–Crippen LogP) is 1.39. The Morgan fingerprint density at radius 3 is 2.57 bits per heavy atom. The molecule has 6 nitrogen and oxygen atoms in total. The molecule has 0 aliphatic carbocycles. The maximum Gasteiger partial charge on any atom is 0.248 e. The van der Waals surface area contributed by atoms with Gasteiger partial charge in [0.15, 0.2) is 11.6 Å². The summed E-state index contributed by atoms with van der Waals surface area (Å²) >= 11 is 0. The molecule has 0 spiro atoms. The first kappa shape index (κ1) is 14.7. The molecule has 1 aromatic carbocycles. The number of anilines is 2. The topological polar surface area (TPSA) is 84.1 Å². The second kappa shape index (κ2) is 6.17. The summed E-state index contributed by atoms with van der Waals surface area (Å²) in [6.07, 6.45) is 1.13. The number of carbonyl (C=O) groups is 1. The molecule has 0 saturated heterocycles. The number of aromatic nitrogens is 2. The molecule has 2 aromatic rings. The lowest BCUT2D eigenvalue weighted by atomic mass is 10.1. The van der Waals surface area contributed by atoms with Gasteiger partial charge in [0.25, 0.3) is 0 Å². The largest absolute Gasteiger partial charge is 0.366 e. The summed E-state index contributed by atoms with van der Waals surface area (Å²) in [5.74, 6) is -0.390. The average molecular weight is 289 g/mol. The molecule has 0 saturated carbocycles. The molecule has 21 heavy (non-hydrogen) atoms. The van der Waals surface area contributed by atoms with E-state index in [0.29, 0.717) is 18.1 Å². The summed E-state index contributed by atoms with van der Waals surface area (Å²) in [6, 6.07) is 6.86. The van der Waals surface area contributed by atoms with Gasteiger partial charge in [-0.25, -0.2) is 9.37 Å². The number of nitrogens with one attached hydrogen (secondary N) is 1. The number of hydrogen-bond acceptors (Lipinski definition) is 5. The third-order valence-corrected chi connectivity index (χ3v) is 2.84. The van der Waals surface area contributed by atoms with Crippen LogP contribution in [0, 0.1) is 5.82 Å². The Labute approximate surface area is 121 Å². The van der Waals surface area contributed by atoms with E-state index in [1.807, 2.05) is 0 Å². The Kier molecular flexibility index (Phi) is 4.32. The van der Waals surface area contributed by atoms with E-state index in [0.717, 1.165) is 11.8 Å². The predicted molar refractivity (Wildman–Crippen MR) is 78.6 cm³/mol. The van der Waals surface area contributed by atoms with E-state index < -0.39 is 11.7 Å². The third-order valence-electron chi connectivity index (χ3n) is 2.84. The van der Waals surface area contributed by atoms with E-state index in [-0.39, 0.29) is 5.82 Å². The van der Waals surface area contributed by atoms with Crippen molar-refractivity contribution in [3.05, 3.63) is 47.4 Å². The lowest BCUT2D eigenvalue weighted by Gasteiger charge is -2.13. The van der Waals surface area contributed by atoms with E-state index in [1.165, 1.54) is 0 Å². The van der Waals surface area contributed by atoms with Crippen molar-refractivity contribution in [2.45, 2.75) is 6.54 Å². The highest BCUT2D eigenvalue weighted by Crippen LogP contribution is 2.15. The number of nitrogens with zero attached hydrogens (tertiary/aromatic N) is 3. The zero-order valence-electron chi connectivity index (χ0n) is 11.8.